The molecule has 0 saturated heterocycles. The Bertz CT molecular complexity index is 1620. The number of aromatic amines is 1. The number of hydrogen-bond acceptors (Lipinski definition) is 7. The molecule has 0 amide bonds. The Morgan fingerprint density at radius 2 is 1.73 bits per heavy atom. The summed E-state index contributed by atoms with van der Waals surface area (Å²) >= 11 is 0. The molecule has 0 aliphatic carbocycles. The van der Waals surface area contributed by atoms with Crippen molar-refractivity contribution in [3.63, 3.8) is 0 Å². The molecule has 2 heterocycles. The zero-order chi connectivity index (χ0) is 25.9. The van der Waals surface area contributed by atoms with Gasteiger partial charge in [0.2, 0.25) is 11.6 Å². The number of ketones is 1. The van der Waals surface area contributed by atoms with E-state index in [9.17, 15) is 14.0 Å². The van der Waals surface area contributed by atoms with Crippen LogP contribution in [0, 0.1) is 12.7 Å². The van der Waals surface area contributed by atoms with Gasteiger partial charge >= 0.3 is 5.97 Å². The molecule has 0 radical (unpaired) electrons. The van der Waals surface area contributed by atoms with Crippen molar-refractivity contribution in [3.8, 4) is 11.4 Å². The number of halogens is 1. The minimum absolute atomic E-state index is 0.00184. The molecule has 5 aromatic rings. The number of nitrogens with one attached hydrogen (secondary N) is 2. The van der Waals surface area contributed by atoms with Gasteiger partial charge in [-0.2, -0.15) is 0 Å². The van der Waals surface area contributed by atoms with Gasteiger partial charge in [0.05, 0.1) is 12.1 Å². The van der Waals surface area contributed by atoms with E-state index < -0.39 is 11.8 Å². The van der Waals surface area contributed by atoms with Crippen molar-refractivity contribution < 1.29 is 18.7 Å². The van der Waals surface area contributed by atoms with Crippen molar-refractivity contribution in [1.82, 2.24) is 19.9 Å². The molecule has 8 nitrogen and oxygen atoms in total. The minimum Gasteiger partial charge on any atom is -0.461 e. The van der Waals surface area contributed by atoms with E-state index in [4.69, 9.17) is 4.74 Å². The zero-order valence-electron chi connectivity index (χ0n) is 20.1. The number of fused-ring (bicyclic) bond motifs is 1. The predicted molar refractivity (Wildman–Crippen MR) is 137 cm³/mol. The summed E-state index contributed by atoms with van der Waals surface area (Å²) in [6, 6.07) is 20.1. The van der Waals surface area contributed by atoms with E-state index in [2.05, 4.69) is 25.3 Å². The number of aryl methyl sites for hydroxylation is 1. The fourth-order valence-electron chi connectivity index (χ4n) is 3.86. The normalized spacial score (nSPS) is 10.9. The summed E-state index contributed by atoms with van der Waals surface area (Å²) in [5.74, 6) is -0.433. The molecule has 0 aliphatic rings. The van der Waals surface area contributed by atoms with Gasteiger partial charge < -0.3 is 15.0 Å². The van der Waals surface area contributed by atoms with Gasteiger partial charge in [0.15, 0.2) is 5.69 Å². The van der Waals surface area contributed by atoms with E-state index in [1.165, 1.54) is 18.2 Å². The van der Waals surface area contributed by atoms with Gasteiger partial charge in [-0.3, -0.25) is 4.79 Å². The van der Waals surface area contributed by atoms with Crippen molar-refractivity contribution >= 4 is 34.2 Å². The van der Waals surface area contributed by atoms with Crippen molar-refractivity contribution in [3.05, 3.63) is 101 Å². The van der Waals surface area contributed by atoms with Gasteiger partial charge in [-0.25, -0.2) is 24.1 Å². The lowest BCUT2D eigenvalue weighted by atomic mass is 10.1. The summed E-state index contributed by atoms with van der Waals surface area (Å²) in [5.41, 5.74) is 3.15. The Morgan fingerprint density at radius 1 is 0.973 bits per heavy atom. The Balaban J connectivity index is 1.47. The number of anilines is 2. The smallest absolute Gasteiger partial charge is 0.358 e. The third-order valence-corrected chi connectivity index (χ3v) is 5.67. The third kappa shape index (κ3) is 4.92. The Hall–Kier alpha value is -4.92. The topological polar surface area (TPSA) is 110 Å². The first-order valence-corrected chi connectivity index (χ1v) is 11.6. The van der Waals surface area contributed by atoms with Crippen LogP contribution in [0.5, 0.6) is 0 Å². The summed E-state index contributed by atoms with van der Waals surface area (Å²) in [6.45, 7) is 3.76. The SMILES string of the molecule is CCOC(=O)c1nc(-c2ccc(Nc3nc(C(=O)c4ccccc4)nc4ccc(F)cc34)cc2)[nH]c1C. The van der Waals surface area contributed by atoms with E-state index in [-0.39, 0.29) is 23.9 Å². The maximum Gasteiger partial charge on any atom is 0.358 e. The second-order valence-electron chi connectivity index (χ2n) is 8.23. The lowest BCUT2D eigenvalue weighted by Crippen LogP contribution is -2.09. The number of carbonyl (C=O) groups is 2. The molecule has 3 aromatic carbocycles. The van der Waals surface area contributed by atoms with Gasteiger partial charge in [-0.15, -0.1) is 0 Å². The Labute approximate surface area is 211 Å². The van der Waals surface area contributed by atoms with E-state index >= 15 is 0 Å². The number of H-pyrrole nitrogens is 1. The van der Waals surface area contributed by atoms with Gasteiger partial charge in [-0.05, 0) is 56.3 Å². The van der Waals surface area contributed by atoms with Crippen LogP contribution < -0.4 is 5.32 Å². The van der Waals surface area contributed by atoms with E-state index in [0.717, 1.165) is 5.56 Å². The average Bonchev–Trinajstić information content (AvgIpc) is 3.31. The summed E-state index contributed by atoms with van der Waals surface area (Å²) in [5, 5.41) is 3.62. The third-order valence-electron chi connectivity index (χ3n) is 5.67. The Kier molecular flexibility index (Phi) is 6.42. The largest absolute Gasteiger partial charge is 0.461 e. The average molecular weight is 496 g/mol. The fourth-order valence-corrected chi connectivity index (χ4v) is 3.86. The van der Waals surface area contributed by atoms with E-state index in [1.807, 2.05) is 18.2 Å². The lowest BCUT2D eigenvalue weighted by molar-refractivity contribution is 0.0519. The highest BCUT2D eigenvalue weighted by Crippen LogP contribution is 2.27. The predicted octanol–water partition coefficient (Wildman–Crippen LogP) is 5.62. The first-order chi connectivity index (χ1) is 17.9. The van der Waals surface area contributed by atoms with E-state index in [1.54, 1.807) is 50.2 Å². The fraction of sp³-hybridized carbons (Fsp3) is 0.107. The maximum atomic E-state index is 14.1. The molecule has 5 rings (SSSR count). The highest BCUT2D eigenvalue weighted by molar-refractivity contribution is 6.08. The van der Waals surface area contributed by atoms with Gasteiger partial charge in [-0.1, -0.05) is 30.3 Å². The highest BCUT2D eigenvalue weighted by Gasteiger charge is 2.18. The molecule has 0 aliphatic heterocycles. The van der Waals surface area contributed by atoms with Crippen LogP contribution in [0.15, 0.2) is 72.8 Å². The number of rotatable bonds is 7. The van der Waals surface area contributed by atoms with Crippen molar-refractivity contribution in [2.45, 2.75) is 13.8 Å². The first kappa shape index (κ1) is 23.8. The summed E-state index contributed by atoms with van der Waals surface area (Å²) in [7, 11) is 0. The first-order valence-electron chi connectivity index (χ1n) is 11.6. The summed E-state index contributed by atoms with van der Waals surface area (Å²) in [4.78, 5) is 41.4. The van der Waals surface area contributed by atoms with Crippen LogP contribution in [0.3, 0.4) is 0 Å². The quantitative estimate of drug-likeness (QED) is 0.223. The molecular weight excluding hydrogens is 473 g/mol. The highest BCUT2D eigenvalue weighted by atomic mass is 19.1. The van der Waals surface area contributed by atoms with Crippen LogP contribution in [0.2, 0.25) is 0 Å². The van der Waals surface area contributed by atoms with Crippen LogP contribution in [0.1, 0.15) is 39.3 Å². The lowest BCUT2D eigenvalue weighted by Gasteiger charge is -2.11. The number of esters is 1. The van der Waals surface area contributed by atoms with Crippen LogP contribution in [0.25, 0.3) is 22.3 Å². The van der Waals surface area contributed by atoms with Gasteiger partial charge in [0, 0.05) is 27.9 Å². The zero-order valence-corrected chi connectivity index (χ0v) is 20.1. The molecule has 0 fully saturated rings. The molecule has 37 heavy (non-hydrogen) atoms. The van der Waals surface area contributed by atoms with Gasteiger partial charge in [0.1, 0.15) is 17.5 Å². The molecule has 2 aromatic heterocycles. The molecule has 2 N–H and O–H groups in total. The molecule has 0 unspecified atom stereocenters. The monoisotopic (exact) mass is 495 g/mol. The molecule has 0 atom stereocenters. The van der Waals surface area contributed by atoms with Crippen LogP contribution in [0.4, 0.5) is 15.9 Å². The van der Waals surface area contributed by atoms with Gasteiger partial charge in [0.25, 0.3) is 0 Å². The second kappa shape index (κ2) is 9.98. The van der Waals surface area contributed by atoms with Crippen LogP contribution >= 0.6 is 0 Å². The van der Waals surface area contributed by atoms with Crippen molar-refractivity contribution in [1.29, 1.82) is 0 Å². The molecule has 0 spiro atoms. The van der Waals surface area contributed by atoms with Crippen LogP contribution in [-0.4, -0.2) is 38.3 Å². The minimum atomic E-state index is -0.482. The second-order valence-corrected chi connectivity index (χ2v) is 8.23. The van der Waals surface area contributed by atoms with Crippen LogP contribution in [-0.2, 0) is 4.74 Å². The number of hydrogen-bond donors (Lipinski definition) is 2. The molecule has 0 bridgehead atoms. The molecule has 0 saturated carbocycles. The molecule has 9 heteroatoms. The number of imidazole rings is 1. The molecular formula is C28H22FN5O3. The van der Waals surface area contributed by atoms with Crippen molar-refractivity contribution in [2.24, 2.45) is 0 Å². The number of ether oxygens (including phenoxy) is 1. The number of benzene rings is 3. The number of carbonyl (C=O) groups excluding carboxylic acids is 2. The number of aromatic nitrogens is 4. The number of nitrogens with zero attached hydrogens (tertiary/aromatic N) is 3. The van der Waals surface area contributed by atoms with Crippen molar-refractivity contribution in [2.75, 3.05) is 11.9 Å². The maximum absolute atomic E-state index is 14.1. The summed E-state index contributed by atoms with van der Waals surface area (Å²) in [6.07, 6.45) is 0. The Morgan fingerprint density at radius 3 is 2.46 bits per heavy atom. The van der Waals surface area contributed by atoms with E-state index in [0.29, 0.717) is 39.5 Å². The molecule has 184 valence electrons. The summed E-state index contributed by atoms with van der Waals surface area (Å²) < 4.78 is 19.1. The standard InChI is InChI=1S/C28H22FN5O3/c1-3-37-28(36)23-16(2)30-25(33-23)18-9-12-20(13-10-18)31-26-21-15-19(29)11-14-22(21)32-27(34-26)24(35)17-7-5-4-6-8-17/h4-15H,3H2,1-2H3,(H,30,33)(H,31,32,34).